The summed E-state index contributed by atoms with van der Waals surface area (Å²) in [5.41, 5.74) is -1.79. The molecule has 0 amide bonds. The summed E-state index contributed by atoms with van der Waals surface area (Å²) in [5.74, 6) is 1.09. The highest BCUT2D eigenvalue weighted by Gasteiger charge is 2.56. The third-order valence-electron chi connectivity index (χ3n) is 10.7. The SMILES string of the molecule is Cc1c(C(C)(c2cc(C#N)c3oc(C4CCC(CO)CC4)nc3c2C)C(F)(F)F)cc(C#N)c2oc(C3CCC(CO)CC3)nc12. The Morgan fingerprint density at radius 1 is 0.739 bits per heavy atom. The van der Waals surface area contributed by atoms with Crippen molar-refractivity contribution in [3.05, 3.63) is 57.3 Å². The van der Waals surface area contributed by atoms with Gasteiger partial charge in [0, 0.05) is 25.0 Å². The number of benzene rings is 2. The fraction of sp³-hybridized carbons (Fsp3) is 0.543. The lowest BCUT2D eigenvalue weighted by molar-refractivity contribution is -0.173. The molecule has 2 aromatic heterocycles. The summed E-state index contributed by atoms with van der Waals surface area (Å²) in [6.07, 6.45) is 1.23. The van der Waals surface area contributed by atoms with Gasteiger partial charge in [-0.05, 0) is 118 Å². The van der Waals surface area contributed by atoms with Gasteiger partial charge in [0.2, 0.25) is 0 Å². The second-order valence-electron chi connectivity index (χ2n) is 13.3. The summed E-state index contributed by atoms with van der Waals surface area (Å²) in [5, 5.41) is 39.2. The van der Waals surface area contributed by atoms with Crippen LogP contribution in [-0.4, -0.2) is 39.6 Å². The molecule has 2 heterocycles. The topological polar surface area (TPSA) is 140 Å². The highest BCUT2D eigenvalue weighted by atomic mass is 19.4. The van der Waals surface area contributed by atoms with Gasteiger partial charge in [0.15, 0.2) is 22.9 Å². The number of nitrogens with zero attached hydrogens (tertiary/aromatic N) is 4. The number of oxazole rings is 2. The molecule has 0 atom stereocenters. The molecule has 0 radical (unpaired) electrons. The van der Waals surface area contributed by atoms with E-state index in [-0.39, 0.29) is 92.5 Å². The average Bonchev–Trinajstić information content (AvgIpc) is 3.71. The summed E-state index contributed by atoms with van der Waals surface area (Å²) in [4.78, 5) is 9.35. The van der Waals surface area contributed by atoms with Gasteiger partial charge in [-0.2, -0.15) is 23.7 Å². The molecule has 2 aliphatic carbocycles. The lowest BCUT2D eigenvalue weighted by atomic mass is 9.71. The molecule has 0 spiro atoms. The zero-order valence-electron chi connectivity index (χ0n) is 26.2. The van der Waals surface area contributed by atoms with Gasteiger partial charge in [-0.3, -0.25) is 0 Å². The minimum atomic E-state index is -4.84. The first-order valence-corrected chi connectivity index (χ1v) is 15.9. The van der Waals surface area contributed by atoms with Crippen LogP contribution in [0.4, 0.5) is 13.2 Å². The average molecular weight is 635 g/mol. The van der Waals surface area contributed by atoms with E-state index < -0.39 is 11.6 Å². The maximum atomic E-state index is 15.5. The van der Waals surface area contributed by atoms with Gasteiger partial charge in [0.05, 0.1) is 11.1 Å². The molecule has 46 heavy (non-hydrogen) atoms. The van der Waals surface area contributed by atoms with Crippen molar-refractivity contribution >= 4 is 22.2 Å². The van der Waals surface area contributed by atoms with E-state index in [1.54, 1.807) is 13.8 Å². The summed E-state index contributed by atoms with van der Waals surface area (Å²) < 4.78 is 58.8. The van der Waals surface area contributed by atoms with E-state index in [0.29, 0.717) is 11.8 Å². The summed E-state index contributed by atoms with van der Waals surface area (Å²) in [7, 11) is 0. The van der Waals surface area contributed by atoms with Gasteiger partial charge in [-0.15, -0.1) is 0 Å². The van der Waals surface area contributed by atoms with Crippen molar-refractivity contribution in [3.63, 3.8) is 0 Å². The number of aliphatic hydroxyl groups is 2. The second-order valence-corrected chi connectivity index (χ2v) is 13.3. The molecule has 8 nitrogen and oxygen atoms in total. The molecule has 6 rings (SSSR count). The third-order valence-corrected chi connectivity index (χ3v) is 10.7. The summed E-state index contributed by atoms with van der Waals surface area (Å²) in [6.45, 7) is 4.42. The molecule has 2 saturated carbocycles. The predicted octanol–water partition coefficient (Wildman–Crippen LogP) is 7.73. The molecule has 0 saturated heterocycles. The van der Waals surface area contributed by atoms with Crippen LogP contribution in [-0.2, 0) is 5.41 Å². The van der Waals surface area contributed by atoms with Crippen LogP contribution < -0.4 is 0 Å². The van der Waals surface area contributed by atoms with Crippen LogP contribution in [0.2, 0.25) is 0 Å². The van der Waals surface area contributed by atoms with E-state index in [2.05, 4.69) is 9.97 Å². The Balaban J connectivity index is 1.50. The second kappa shape index (κ2) is 12.0. The molecule has 2 N–H and O–H groups in total. The largest absolute Gasteiger partial charge is 0.439 e. The Morgan fingerprint density at radius 3 is 1.41 bits per heavy atom. The van der Waals surface area contributed by atoms with E-state index in [1.807, 2.05) is 12.1 Å². The number of aliphatic hydroxyl groups excluding tert-OH is 2. The smallest absolute Gasteiger partial charge is 0.402 e. The fourth-order valence-corrected chi connectivity index (χ4v) is 7.63. The Hall–Kier alpha value is -3.93. The minimum Gasteiger partial charge on any atom is -0.439 e. The number of alkyl halides is 3. The zero-order chi connectivity index (χ0) is 33.0. The van der Waals surface area contributed by atoms with Crippen LogP contribution in [0, 0.1) is 48.3 Å². The monoisotopic (exact) mass is 634 g/mol. The van der Waals surface area contributed by atoms with Crippen LogP contribution in [0.15, 0.2) is 21.0 Å². The minimum absolute atomic E-state index is 0.0460. The fourth-order valence-electron chi connectivity index (χ4n) is 7.63. The standard InChI is InChI=1S/C35H37F3N4O4/c1-18-26(12-24(14-39)30-28(18)41-32(45-30)22-8-4-20(16-43)5-9-22)34(3,35(36,37)38)27-13-25(15-40)31-29(19(27)2)42-33(46-31)23-10-6-21(17-44)7-11-23/h12-13,20-23,43-44H,4-11,16-17H2,1-3H3. The van der Waals surface area contributed by atoms with Crippen molar-refractivity contribution in [2.45, 2.75) is 95.6 Å². The van der Waals surface area contributed by atoms with Crippen LogP contribution in [0.3, 0.4) is 0 Å². The molecule has 0 bridgehead atoms. The highest BCUT2D eigenvalue weighted by Crippen LogP contribution is 2.51. The first-order chi connectivity index (χ1) is 21.9. The first-order valence-electron chi connectivity index (χ1n) is 15.9. The normalized spacial score (nSPS) is 23.7. The number of aromatic nitrogens is 2. The van der Waals surface area contributed by atoms with Crippen molar-refractivity contribution in [3.8, 4) is 12.1 Å². The third kappa shape index (κ3) is 5.14. The quantitative estimate of drug-likeness (QED) is 0.220. The Kier molecular flexibility index (Phi) is 8.37. The molecule has 0 unspecified atom stereocenters. The highest BCUT2D eigenvalue weighted by molar-refractivity contribution is 5.87. The van der Waals surface area contributed by atoms with E-state index in [1.165, 1.54) is 12.1 Å². The van der Waals surface area contributed by atoms with Gasteiger partial charge in [-0.25, -0.2) is 9.97 Å². The molecule has 2 fully saturated rings. The molecular weight excluding hydrogens is 597 g/mol. The van der Waals surface area contributed by atoms with E-state index >= 15 is 13.2 Å². The molecule has 242 valence electrons. The number of halogens is 3. The number of hydrogen-bond donors (Lipinski definition) is 2. The van der Waals surface area contributed by atoms with Gasteiger partial charge < -0.3 is 19.0 Å². The van der Waals surface area contributed by atoms with Gasteiger partial charge in [0.25, 0.3) is 0 Å². The molecule has 2 aromatic carbocycles. The van der Waals surface area contributed by atoms with Crippen LogP contribution in [0.25, 0.3) is 22.2 Å². The maximum absolute atomic E-state index is 15.5. The molecule has 2 aliphatic rings. The number of fused-ring (bicyclic) bond motifs is 2. The number of rotatable bonds is 6. The van der Waals surface area contributed by atoms with E-state index in [4.69, 9.17) is 8.83 Å². The molecule has 4 aromatic rings. The molecule has 0 aliphatic heterocycles. The van der Waals surface area contributed by atoms with E-state index in [9.17, 15) is 20.7 Å². The van der Waals surface area contributed by atoms with Crippen molar-refractivity contribution in [2.75, 3.05) is 13.2 Å². The lowest BCUT2D eigenvalue weighted by Crippen LogP contribution is -2.42. The van der Waals surface area contributed by atoms with Crippen molar-refractivity contribution in [2.24, 2.45) is 11.8 Å². The van der Waals surface area contributed by atoms with Crippen molar-refractivity contribution < 1.29 is 32.2 Å². The molecule has 11 heteroatoms. The van der Waals surface area contributed by atoms with Crippen molar-refractivity contribution in [1.29, 1.82) is 10.5 Å². The van der Waals surface area contributed by atoms with Crippen molar-refractivity contribution in [1.82, 2.24) is 9.97 Å². The Bertz CT molecular complexity index is 1740. The summed E-state index contributed by atoms with van der Waals surface area (Å²) >= 11 is 0. The predicted molar refractivity (Wildman–Crippen MR) is 163 cm³/mol. The lowest BCUT2D eigenvalue weighted by Gasteiger charge is -2.35. The molecular formula is C35H37F3N4O4. The number of aryl methyl sites for hydroxylation is 2. The Morgan fingerprint density at radius 2 is 1.11 bits per heavy atom. The van der Waals surface area contributed by atoms with Crippen LogP contribution in [0.1, 0.15) is 115 Å². The number of nitriles is 2. The Labute approximate surface area is 264 Å². The van der Waals surface area contributed by atoms with Crippen LogP contribution >= 0.6 is 0 Å². The van der Waals surface area contributed by atoms with E-state index in [0.717, 1.165) is 58.3 Å². The maximum Gasteiger partial charge on any atom is 0.402 e. The van der Waals surface area contributed by atoms with Gasteiger partial charge in [0.1, 0.15) is 28.6 Å². The first kappa shape index (κ1) is 32.0. The van der Waals surface area contributed by atoms with Gasteiger partial charge in [-0.1, -0.05) is 0 Å². The summed E-state index contributed by atoms with van der Waals surface area (Å²) in [6, 6.07) is 6.54. The van der Waals surface area contributed by atoms with Gasteiger partial charge >= 0.3 is 6.18 Å². The van der Waals surface area contributed by atoms with Crippen LogP contribution in [0.5, 0.6) is 0 Å². The zero-order valence-corrected chi connectivity index (χ0v) is 26.2. The number of hydrogen-bond acceptors (Lipinski definition) is 8.